The largest absolute Gasteiger partial charge is 0.415 e. The first-order chi connectivity index (χ1) is 12.6. The smallest absolute Gasteiger partial charge is 0.264 e. The maximum absolute atomic E-state index is 12.9. The number of benzene rings is 1. The van der Waals surface area contributed by atoms with Gasteiger partial charge in [-0.3, -0.25) is 0 Å². The first kappa shape index (κ1) is 17.0. The standard InChI is InChI=1S/C18H20N4O3S/c23-26(24,22-10-6-1-2-7-11-22)15-12-16(19-13-15)18-21-20-17(25-18)14-8-4-3-5-9-14/h3-5,8-9,12-13,19H,1-2,6-7,10-11H2. The lowest BCUT2D eigenvalue weighted by molar-refractivity contribution is 0.424. The van der Waals surface area contributed by atoms with Crippen molar-refractivity contribution in [3.8, 4) is 23.0 Å². The minimum absolute atomic E-state index is 0.230. The molecule has 26 heavy (non-hydrogen) atoms. The normalized spacial score (nSPS) is 16.5. The van der Waals surface area contributed by atoms with Crippen molar-refractivity contribution in [2.24, 2.45) is 0 Å². The maximum Gasteiger partial charge on any atom is 0.264 e. The number of hydrogen-bond donors (Lipinski definition) is 1. The van der Waals surface area contributed by atoms with Gasteiger partial charge in [0.25, 0.3) is 5.89 Å². The number of nitrogens with zero attached hydrogens (tertiary/aromatic N) is 3. The molecule has 0 unspecified atom stereocenters. The summed E-state index contributed by atoms with van der Waals surface area (Å²) in [6, 6.07) is 11.0. The lowest BCUT2D eigenvalue weighted by Gasteiger charge is -2.18. The second-order valence-corrected chi connectivity index (χ2v) is 8.28. The predicted molar refractivity (Wildman–Crippen MR) is 96.7 cm³/mol. The van der Waals surface area contributed by atoms with Crippen molar-refractivity contribution >= 4 is 10.0 Å². The highest BCUT2D eigenvalue weighted by molar-refractivity contribution is 7.89. The number of aromatic amines is 1. The number of rotatable bonds is 4. The first-order valence-corrected chi connectivity index (χ1v) is 10.2. The van der Waals surface area contributed by atoms with Gasteiger partial charge < -0.3 is 9.40 Å². The molecule has 3 aromatic rings. The third kappa shape index (κ3) is 3.30. The topological polar surface area (TPSA) is 92.1 Å². The van der Waals surface area contributed by atoms with E-state index in [9.17, 15) is 8.42 Å². The van der Waals surface area contributed by atoms with E-state index in [1.54, 1.807) is 10.4 Å². The van der Waals surface area contributed by atoms with E-state index >= 15 is 0 Å². The van der Waals surface area contributed by atoms with E-state index in [-0.39, 0.29) is 10.8 Å². The fourth-order valence-electron chi connectivity index (χ4n) is 3.11. The van der Waals surface area contributed by atoms with Crippen molar-refractivity contribution in [3.63, 3.8) is 0 Å². The van der Waals surface area contributed by atoms with Gasteiger partial charge in [-0.25, -0.2) is 8.42 Å². The zero-order chi connectivity index (χ0) is 18.0. The van der Waals surface area contributed by atoms with E-state index in [4.69, 9.17) is 4.42 Å². The highest BCUT2D eigenvalue weighted by atomic mass is 32.2. The molecule has 4 rings (SSSR count). The van der Waals surface area contributed by atoms with Gasteiger partial charge in [0.05, 0.1) is 0 Å². The van der Waals surface area contributed by atoms with Crippen LogP contribution in [0.25, 0.3) is 23.0 Å². The molecule has 0 bridgehead atoms. The molecule has 136 valence electrons. The zero-order valence-electron chi connectivity index (χ0n) is 14.3. The van der Waals surface area contributed by atoms with Gasteiger partial charge in [0.2, 0.25) is 15.9 Å². The van der Waals surface area contributed by atoms with Crippen LogP contribution in [0.5, 0.6) is 0 Å². The third-order valence-electron chi connectivity index (χ3n) is 4.54. The van der Waals surface area contributed by atoms with Crippen LogP contribution in [-0.4, -0.2) is 41.0 Å². The van der Waals surface area contributed by atoms with E-state index in [2.05, 4.69) is 15.2 Å². The molecule has 3 heterocycles. The van der Waals surface area contributed by atoms with Crippen LogP contribution in [0.3, 0.4) is 0 Å². The molecule has 1 fully saturated rings. The maximum atomic E-state index is 12.9. The van der Waals surface area contributed by atoms with Crippen LogP contribution in [0, 0.1) is 0 Å². The highest BCUT2D eigenvalue weighted by Crippen LogP contribution is 2.27. The van der Waals surface area contributed by atoms with E-state index < -0.39 is 10.0 Å². The Morgan fingerprint density at radius 2 is 1.65 bits per heavy atom. The summed E-state index contributed by atoms with van der Waals surface area (Å²) in [4.78, 5) is 3.18. The van der Waals surface area contributed by atoms with Crippen molar-refractivity contribution in [2.75, 3.05) is 13.1 Å². The average molecular weight is 372 g/mol. The predicted octanol–water partition coefficient (Wildman–Crippen LogP) is 3.30. The lowest BCUT2D eigenvalue weighted by Crippen LogP contribution is -2.31. The van der Waals surface area contributed by atoms with Crippen molar-refractivity contribution in [1.82, 2.24) is 19.5 Å². The van der Waals surface area contributed by atoms with Crippen LogP contribution >= 0.6 is 0 Å². The first-order valence-electron chi connectivity index (χ1n) is 8.72. The van der Waals surface area contributed by atoms with Crippen LogP contribution in [0.15, 0.2) is 51.9 Å². The van der Waals surface area contributed by atoms with Crippen molar-refractivity contribution in [1.29, 1.82) is 0 Å². The summed E-state index contributed by atoms with van der Waals surface area (Å²) in [5, 5.41) is 8.07. The lowest BCUT2D eigenvalue weighted by atomic mass is 10.2. The Hall–Kier alpha value is -2.45. The Bertz CT molecular complexity index is 971. The van der Waals surface area contributed by atoms with E-state index in [0.717, 1.165) is 31.2 Å². The van der Waals surface area contributed by atoms with Gasteiger partial charge in [-0.1, -0.05) is 31.0 Å². The minimum atomic E-state index is -3.51. The fraction of sp³-hybridized carbons (Fsp3) is 0.333. The number of nitrogens with one attached hydrogen (secondary N) is 1. The number of H-pyrrole nitrogens is 1. The van der Waals surface area contributed by atoms with E-state index in [0.29, 0.717) is 24.7 Å². The molecular weight excluding hydrogens is 352 g/mol. The van der Waals surface area contributed by atoms with Gasteiger partial charge in [-0.2, -0.15) is 4.31 Å². The summed E-state index contributed by atoms with van der Waals surface area (Å²) < 4.78 is 33.0. The quantitative estimate of drug-likeness (QED) is 0.759. The van der Waals surface area contributed by atoms with Gasteiger partial charge >= 0.3 is 0 Å². The van der Waals surface area contributed by atoms with Crippen LogP contribution in [0.4, 0.5) is 0 Å². The molecular formula is C18H20N4O3S. The van der Waals surface area contributed by atoms with Crippen molar-refractivity contribution in [2.45, 2.75) is 30.6 Å². The number of aromatic nitrogens is 3. The van der Waals surface area contributed by atoms with Gasteiger partial charge in [-0.15, -0.1) is 10.2 Å². The Morgan fingerprint density at radius 3 is 2.38 bits per heavy atom. The molecule has 0 amide bonds. The minimum Gasteiger partial charge on any atom is -0.415 e. The Morgan fingerprint density at radius 1 is 0.962 bits per heavy atom. The number of hydrogen-bond acceptors (Lipinski definition) is 5. The monoisotopic (exact) mass is 372 g/mol. The summed E-state index contributed by atoms with van der Waals surface area (Å²) >= 11 is 0. The summed E-state index contributed by atoms with van der Waals surface area (Å²) in [7, 11) is -3.51. The van der Waals surface area contributed by atoms with E-state index in [1.165, 1.54) is 6.20 Å². The average Bonchev–Trinajstić information content (AvgIpc) is 3.26. The molecule has 0 radical (unpaired) electrons. The molecule has 0 spiro atoms. The molecule has 2 aromatic heterocycles. The van der Waals surface area contributed by atoms with E-state index in [1.807, 2.05) is 30.3 Å². The summed E-state index contributed by atoms with van der Waals surface area (Å²) in [6.07, 6.45) is 5.45. The molecule has 1 aliphatic rings. The second-order valence-electron chi connectivity index (χ2n) is 6.35. The molecule has 1 aromatic carbocycles. The molecule has 1 N–H and O–H groups in total. The number of sulfonamides is 1. The fourth-order valence-corrected chi connectivity index (χ4v) is 4.62. The van der Waals surface area contributed by atoms with Crippen LogP contribution in [0.1, 0.15) is 25.7 Å². The third-order valence-corrected chi connectivity index (χ3v) is 6.41. The van der Waals surface area contributed by atoms with Crippen LogP contribution in [0.2, 0.25) is 0 Å². The molecule has 7 nitrogen and oxygen atoms in total. The van der Waals surface area contributed by atoms with Gasteiger partial charge in [0, 0.05) is 24.8 Å². The highest BCUT2D eigenvalue weighted by Gasteiger charge is 2.27. The van der Waals surface area contributed by atoms with Gasteiger partial charge in [-0.05, 0) is 31.0 Å². The SMILES string of the molecule is O=S(=O)(c1c[nH]c(-c2nnc(-c3ccccc3)o2)c1)N1CCCCCC1. The molecule has 1 saturated heterocycles. The molecule has 0 aliphatic carbocycles. The summed E-state index contributed by atoms with van der Waals surface area (Å²) in [6.45, 7) is 1.14. The molecule has 0 atom stereocenters. The molecule has 8 heteroatoms. The Kier molecular flexibility index (Phi) is 4.60. The Labute approximate surface area is 152 Å². The Balaban J connectivity index is 1.59. The van der Waals surface area contributed by atoms with Crippen LogP contribution < -0.4 is 0 Å². The van der Waals surface area contributed by atoms with Crippen LogP contribution in [-0.2, 0) is 10.0 Å². The van der Waals surface area contributed by atoms with Gasteiger partial charge in [0.1, 0.15) is 10.6 Å². The second kappa shape index (κ2) is 7.05. The van der Waals surface area contributed by atoms with Gasteiger partial charge in [0.15, 0.2) is 0 Å². The molecule has 0 saturated carbocycles. The zero-order valence-corrected chi connectivity index (χ0v) is 15.1. The van der Waals surface area contributed by atoms with Crippen molar-refractivity contribution < 1.29 is 12.8 Å². The molecule has 1 aliphatic heterocycles. The summed E-state index contributed by atoms with van der Waals surface area (Å²) in [5.74, 6) is 0.660. The summed E-state index contributed by atoms with van der Waals surface area (Å²) in [5.41, 5.74) is 1.31. The van der Waals surface area contributed by atoms with Crippen molar-refractivity contribution in [3.05, 3.63) is 42.6 Å².